The van der Waals surface area contributed by atoms with E-state index in [1.165, 1.54) is 26.4 Å². The van der Waals surface area contributed by atoms with Crippen molar-refractivity contribution in [2.24, 2.45) is 39.9 Å². The first-order valence-electron chi connectivity index (χ1n) is 19.0. The van der Waals surface area contributed by atoms with E-state index in [-0.39, 0.29) is 47.0 Å². The number of ether oxygens (including phenoxy) is 1. The summed E-state index contributed by atoms with van der Waals surface area (Å²) in [4.78, 5) is 59.2. The molecule has 288 valence electrons. The summed E-state index contributed by atoms with van der Waals surface area (Å²) in [7, 11) is 0. The zero-order valence-corrected chi connectivity index (χ0v) is 32.1. The number of hydrogen-bond acceptors (Lipinski definition) is 8. The first kappa shape index (κ1) is 39.7. The Hall–Kier alpha value is -3.51. The Morgan fingerprint density at radius 1 is 1.06 bits per heavy atom. The first-order chi connectivity index (χ1) is 24.3. The van der Waals surface area contributed by atoms with Gasteiger partial charge in [0, 0.05) is 30.8 Å². The number of rotatable bonds is 11. The molecule has 4 aliphatic rings. The minimum Gasteiger partial charge on any atom is -0.480 e. The number of imidazole rings is 1. The Balaban J connectivity index is 1.51. The summed E-state index contributed by atoms with van der Waals surface area (Å²) in [5.74, 6) is -2.68. The Kier molecular flexibility index (Phi) is 11.5. The smallest absolute Gasteiger partial charge is 0.326 e. The molecule has 0 radical (unpaired) electrons. The SMILES string of the molecule is CC(=O)O[C@H]1C[C@@]2(C)[C@@H](C[C@@H](O)[C@H]3[C@@]4(C)CC[C@@H](O)[C@@H](C)[C@@H]4CC[C@@]32C)C1=C(CCC=C(C)C)C(=O)NC(C)C(=O)NC(Cc1cnc[nH]1)C(=O)O. The summed E-state index contributed by atoms with van der Waals surface area (Å²) in [6.07, 6.45) is 8.34. The molecule has 0 aromatic carbocycles. The number of carbonyl (C=O) groups is 4. The van der Waals surface area contributed by atoms with E-state index in [1.807, 2.05) is 19.9 Å². The second kappa shape index (κ2) is 15.1. The number of carboxylic acid groups (broad SMARTS) is 1. The third-order valence-electron chi connectivity index (χ3n) is 13.9. The van der Waals surface area contributed by atoms with Gasteiger partial charge in [-0.05, 0) is 118 Å². The topological polar surface area (TPSA) is 191 Å². The predicted molar refractivity (Wildman–Crippen MR) is 194 cm³/mol. The van der Waals surface area contributed by atoms with Gasteiger partial charge in [-0.25, -0.2) is 9.78 Å². The number of hydrogen-bond donors (Lipinski definition) is 6. The lowest BCUT2D eigenvalue weighted by Crippen LogP contribution is -2.65. The summed E-state index contributed by atoms with van der Waals surface area (Å²) in [6.45, 7) is 15.8. The lowest BCUT2D eigenvalue weighted by molar-refractivity contribution is -0.234. The fourth-order valence-electron chi connectivity index (χ4n) is 11.3. The van der Waals surface area contributed by atoms with E-state index in [0.717, 1.165) is 24.8 Å². The number of aliphatic hydroxyl groups is 2. The van der Waals surface area contributed by atoms with Crippen molar-refractivity contribution in [3.05, 3.63) is 41.0 Å². The number of allylic oxidation sites excluding steroid dienone is 2. The van der Waals surface area contributed by atoms with Crippen LogP contribution in [0.2, 0.25) is 0 Å². The highest BCUT2D eigenvalue weighted by Gasteiger charge is 2.70. The number of aliphatic hydroxyl groups excluding tert-OH is 2. The number of carboxylic acids is 1. The number of aromatic amines is 1. The normalized spacial score (nSPS) is 37.3. The van der Waals surface area contributed by atoms with Crippen molar-refractivity contribution in [2.45, 2.75) is 144 Å². The van der Waals surface area contributed by atoms with Crippen molar-refractivity contribution in [3.63, 3.8) is 0 Å². The van der Waals surface area contributed by atoms with Crippen molar-refractivity contribution in [1.29, 1.82) is 0 Å². The third-order valence-corrected chi connectivity index (χ3v) is 13.9. The van der Waals surface area contributed by atoms with E-state index in [2.05, 4.69) is 48.3 Å². The summed E-state index contributed by atoms with van der Waals surface area (Å²) in [5.41, 5.74) is 1.83. The molecular weight excluding hydrogens is 664 g/mol. The van der Waals surface area contributed by atoms with E-state index in [1.54, 1.807) is 0 Å². The average molecular weight is 725 g/mol. The maximum absolute atomic E-state index is 14.4. The average Bonchev–Trinajstić information content (AvgIpc) is 3.66. The highest BCUT2D eigenvalue weighted by atomic mass is 16.5. The van der Waals surface area contributed by atoms with Crippen LogP contribution in [-0.2, 0) is 30.3 Å². The molecule has 0 saturated heterocycles. The van der Waals surface area contributed by atoms with Gasteiger partial charge in [0.2, 0.25) is 11.8 Å². The molecule has 4 saturated carbocycles. The third kappa shape index (κ3) is 7.21. The van der Waals surface area contributed by atoms with Crippen LogP contribution in [0.4, 0.5) is 0 Å². The van der Waals surface area contributed by atoms with Gasteiger partial charge in [0.25, 0.3) is 0 Å². The number of fused-ring (bicyclic) bond motifs is 5. The van der Waals surface area contributed by atoms with Crippen LogP contribution >= 0.6 is 0 Å². The van der Waals surface area contributed by atoms with Crippen LogP contribution in [0.15, 0.2) is 35.3 Å². The number of nitrogens with zero attached hydrogens (tertiary/aromatic N) is 1. The summed E-state index contributed by atoms with van der Waals surface area (Å²) < 4.78 is 6.08. The van der Waals surface area contributed by atoms with Gasteiger partial charge in [0.05, 0.1) is 18.5 Å². The fourth-order valence-corrected chi connectivity index (χ4v) is 11.3. The van der Waals surface area contributed by atoms with Crippen LogP contribution < -0.4 is 10.6 Å². The van der Waals surface area contributed by atoms with Crippen molar-refractivity contribution >= 4 is 23.8 Å². The zero-order valence-electron chi connectivity index (χ0n) is 32.1. The Labute approximate surface area is 307 Å². The molecule has 6 N–H and O–H groups in total. The fraction of sp³-hybridized carbons (Fsp3) is 0.725. The van der Waals surface area contributed by atoms with E-state index in [0.29, 0.717) is 48.9 Å². The minimum atomic E-state index is -1.24. The second-order valence-corrected chi connectivity index (χ2v) is 17.2. The molecule has 4 aliphatic carbocycles. The largest absolute Gasteiger partial charge is 0.480 e. The molecule has 2 amide bonds. The van der Waals surface area contributed by atoms with Gasteiger partial charge < -0.3 is 35.7 Å². The van der Waals surface area contributed by atoms with Gasteiger partial charge >= 0.3 is 11.9 Å². The Bertz CT molecular complexity index is 1580. The number of nitrogens with one attached hydrogen (secondary N) is 3. The van der Waals surface area contributed by atoms with Gasteiger partial charge in [-0.1, -0.05) is 39.3 Å². The van der Waals surface area contributed by atoms with Gasteiger partial charge in [-0.15, -0.1) is 0 Å². The van der Waals surface area contributed by atoms with Gasteiger partial charge in [0.1, 0.15) is 18.2 Å². The molecule has 2 unspecified atom stereocenters. The number of esters is 1. The molecule has 0 bridgehead atoms. The maximum atomic E-state index is 14.4. The zero-order chi connectivity index (χ0) is 38.3. The molecule has 1 aromatic rings. The molecule has 1 heterocycles. The first-order valence-corrected chi connectivity index (χ1v) is 19.0. The molecule has 12 nitrogen and oxygen atoms in total. The summed E-state index contributed by atoms with van der Waals surface area (Å²) >= 11 is 0. The number of aliphatic carboxylic acids is 1. The van der Waals surface area contributed by atoms with Gasteiger partial charge in [-0.2, -0.15) is 0 Å². The number of H-pyrrole nitrogens is 1. The standard InChI is InChI=1S/C40H60N4O8/c1-21(2)10-9-11-26(36(49)43-23(4)35(48)44-29(37(50)51)16-25-19-41-20-42-25)33-28-17-31(47)34-38(6)14-13-30(46)22(3)27(38)12-15-39(34,7)40(28,8)18-32(33)52-24(5)45/h10,19-20,22-23,27-32,34,46-47H,9,11-18H2,1-8H3,(H,41,42)(H,43,49)(H,44,48)(H,50,51)/t22-,23?,27-,28-,29?,30+,31+,32-,34-,38-,39-,40-/m0/s1. The number of carbonyl (C=O) groups excluding carboxylic acids is 3. The van der Waals surface area contributed by atoms with E-state index in [4.69, 9.17) is 4.74 Å². The lowest BCUT2D eigenvalue weighted by atomic mass is 9.36. The van der Waals surface area contributed by atoms with Crippen LogP contribution in [0.25, 0.3) is 0 Å². The van der Waals surface area contributed by atoms with Crippen LogP contribution in [0.3, 0.4) is 0 Å². The molecule has 1 aromatic heterocycles. The Morgan fingerprint density at radius 3 is 2.38 bits per heavy atom. The van der Waals surface area contributed by atoms with Crippen LogP contribution in [0.1, 0.15) is 112 Å². The lowest BCUT2D eigenvalue weighted by Gasteiger charge is -2.69. The molecule has 12 heteroatoms. The van der Waals surface area contributed by atoms with Crippen molar-refractivity contribution in [1.82, 2.24) is 20.6 Å². The maximum Gasteiger partial charge on any atom is 0.326 e. The molecule has 5 rings (SSSR count). The van der Waals surface area contributed by atoms with Crippen LogP contribution in [-0.4, -0.2) is 79.4 Å². The van der Waals surface area contributed by atoms with Crippen LogP contribution in [0.5, 0.6) is 0 Å². The quantitative estimate of drug-likeness (QED) is 0.107. The molecule has 0 spiro atoms. The second-order valence-electron chi connectivity index (χ2n) is 17.2. The van der Waals surface area contributed by atoms with Crippen LogP contribution in [0, 0.1) is 39.9 Å². The molecule has 12 atom stereocenters. The summed E-state index contributed by atoms with van der Waals surface area (Å²) in [5, 5.41) is 38.3. The highest BCUT2D eigenvalue weighted by molar-refractivity contribution is 5.98. The van der Waals surface area contributed by atoms with Gasteiger partial charge in [0.15, 0.2) is 0 Å². The van der Waals surface area contributed by atoms with Gasteiger partial charge in [-0.3, -0.25) is 14.4 Å². The van der Waals surface area contributed by atoms with E-state index < -0.39 is 53.5 Å². The van der Waals surface area contributed by atoms with E-state index in [9.17, 15) is 34.5 Å². The highest BCUT2D eigenvalue weighted by Crippen LogP contribution is 2.74. The number of aromatic nitrogens is 2. The number of amides is 2. The van der Waals surface area contributed by atoms with Crippen molar-refractivity contribution in [3.8, 4) is 0 Å². The monoisotopic (exact) mass is 724 g/mol. The Morgan fingerprint density at radius 2 is 1.77 bits per heavy atom. The minimum absolute atomic E-state index is 0.00849. The molecule has 4 fully saturated rings. The van der Waals surface area contributed by atoms with Crippen molar-refractivity contribution in [2.75, 3.05) is 0 Å². The predicted octanol–water partition coefficient (Wildman–Crippen LogP) is 4.62. The van der Waals surface area contributed by atoms with Crippen molar-refractivity contribution < 1.29 is 39.2 Å². The summed E-state index contributed by atoms with van der Waals surface area (Å²) in [6, 6.07) is -2.32. The van der Waals surface area contributed by atoms with E-state index >= 15 is 0 Å². The molecule has 52 heavy (non-hydrogen) atoms. The molecular formula is C40H60N4O8. The molecule has 0 aliphatic heterocycles.